The molecule has 8 nitrogen and oxygen atoms in total. The Bertz CT molecular complexity index is 1090. The molecule has 1 aromatic carbocycles. The number of aromatic nitrogens is 3. The second-order valence-corrected chi connectivity index (χ2v) is 7.86. The second-order valence-electron chi connectivity index (χ2n) is 6.15. The van der Waals surface area contributed by atoms with Crippen molar-refractivity contribution in [3.63, 3.8) is 0 Å². The molecule has 27 heavy (non-hydrogen) atoms. The lowest BCUT2D eigenvalue weighted by atomic mass is 10.2. The van der Waals surface area contributed by atoms with Crippen molar-refractivity contribution in [3.05, 3.63) is 59.8 Å². The lowest BCUT2D eigenvalue weighted by Gasteiger charge is -2.11. The first kappa shape index (κ1) is 18.9. The molecule has 0 fully saturated rings. The zero-order valence-electron chi connectivity index (χ0n) is 14.7. The van der Waals surface area contributed by atoms with Crippen LogP contribution >= 0.6 is 0 Å². The summed E-state index contributed by atoms with van der Waals surface area (Å²) in [7, 11) is -3.84. The third kappa shape index (κ3) is 4.12. The highest BCUT2D eigenvalue weighted by atomic mass is 32.2. The smallest absolute Gasteiger partial charge is 0.254 e. The van der Waals surface area contributed by atoms with Crippen LogP contribution < -0.4 is 10.0 Å². The van der Waals surface area contributed by atoms with Gasteiger partial charge in [-0.1, -0.05) is 6.07 Å². The fraction of sp³-hybridized carbons (Fsp3) is 0.235. The van der Waals surface area contributed by atoms with Crippen LogP contribution in [0.3, 0.4) is 0 Å². The van der Waals surface area contributed by atoms with E-state index in [2.05, 4.69) is 20.2 Å². The van der Waals surface area contributed by atoms with E-state index in [0.717, 1.165) is 18.2 Å². The van der Waals surface area contributed by atoms with Crippen LogP contribution in [-0.4, -0.2) is 35.0 Å². The largest absolute Gasteiger partial charge is 0.345 e. The summed E-state index contributed by atoms with van der Waals surface area (Å²) in [6.07, 6.45) is 1.74. The maximum absolute atomic E-state index is 14.1. The van der Waals surface area contributed by atoms with Gasteiger partial charge in [-0.25, -0.2) is 17.5 Å². The minimum Gasteiger partial charge on any atom is -0.345 e. The number of fused-ring (bicyclic) bond motifs is 1. The summed E-state index contributed by atoms with van der Waals surface area (Å²) in [5.74, 6) is -1.10. The number of carbonyl (C=O) groups excluding carboxylic acids is 1. The van der Waals surface area contributed by atoms with Crippen LogP contribution in [0.2, 0.25) is 0 Å². The number of nitrogens with one attached hydrogen (secondary N) is 2. The number of rotatable bonds is 6. The fourth-order valence-electron chi connectivity index (χ4n) is 2.49. The first-order valence-corrected chi connectivity index (χ1v) is 9.65. The van der Waals surface area contributed by atoms with Crippen molar-refractivity contribution >= 4 is 21.6 Å². The van der Waals surface area contributed by atoms with Gasteiger partial charge in [0.2, 0.25) is 10.0 Å². The van der Waals surface area contributed by atoms with Crippen LogP contribution in [0.15, 0.2) is 47.5 Å². The summed E-state index contributed by atoms with van der Waals surface area (Å²) in [6, 6.07) is 8.10. The van der Waals surface area contributed by atoms with Gasteiger partial charge < -0.3 is 5.32 Å². The minimum atomic E-state index is -3.84. The number of halogens is 1. The molecular formula is C17H18FN5O3S. The molecule has 10 heteroatoms. The topological polar surface area (TPSA) is 105 Å². The predicted octanol–water partition coefficient (Wildman–Crippen LogP) is 1.49. The predicted molar refractivity (Wildman–Crippen MR) is 96.0 cm³/mol. The molecule has 2 N–H and O–H groups in total. The van der Waals surface area contributed by atoms with Gasteiger partial charge >= 0.3 is 0 Å². The molecule has 0 aliphatic rings. The molecule has 2 heterocycles. The molecule has 0 spiro atoms. The quantitative estimate of drug-likeness (QED) is 0.662. The van der Waals surface area contributed by atoms with E-state index in [9.17, 15) is 17.6 Å². The average Bonchev–Trinajstić information content (AvgIpc) is 3.02. The Morgan fingerprint density at radius 2 is 2.00 bits per heavy atom. The number of sulfonamides is 1. The third-order valence-electron chi connectivity index (χ3n) is 3.67. The lowest BCUT2D eigenvalue weighted by Crippen LogP contribution is -2.31. The molecule has 0 atom stereocenters. The minimum absolute atomic E-state index is 0.00464. The highest BCUT2D eigenvalue weighted by Gasteiger charge is 2.20. The standard InChI is InChI=1S/C17H18FN5O3S/c1-11(2)22-27(25,26)12-6-7-14(18)13(9-12)17(24)19-10-16-21-20-15-5-3-4-8-23(15)16/h3-9,11,22H,10H2,1-2H3,(H,19,24). The lowest BCUT2D eigenvalue weighted by molar-refractivity contribution is 0.0945. The van der Waals surface area contributed by atoms with E-state index in [1.165, 1.54) is 0 Å². The van der Waals surface area contributed by atoms with E-state index in [0.29, 0.717) is 11.5 Å². The van der Waals surface area contributed by atoms with Crippen LogP contribution in [0.4, 0.5) is 4.39 Å². The summed E-state index contributed by atoms with van der Waals surface area (Å²) in [6.45, 7) is 3.33. The average molecular weight is 391 g/mol. The van der Waals surface area contributed by atoms with E-state index in [4.69, 9.17) is 0 Å². The number of amides is 1. The van der Waals surface area contributed by atoms with Gasteiger partial charge in [-0.3, -0.25) is 9.20 Å². The summed E-state index contributed by atoms with van der Waals surface area (Å²) < 4.78 is 42.6. The normalized spacial score (nSPS) is 11.9. The van der Waals surface area contributed by atoms with Crippen LogP contribution in [0.25, 0.3) is 5.65 Å². The van der Waals surface area contributed by atoms with Crippen molar-refractivity contribution in [1.29, 1.82) is 0 Å². The fourth-order valence-corrected chi connectivity index (χ4v) is 3.77. The zero-order chi connectivity index (χ0) is 19.6. The van der Waals surface area contributed by atoms with Gasteiger partial charge in [0, 0.05) is 12.2 Å². The molecule has 0 saturated carbocycles. The van der Waals surface area contributed by atoms with Crippen molar-refractivity contribution < 1.29 is 17.6 Å². The Hall–Kier alpha value is -2.85. The van der Waals surface area contributed by atoms with E-state index < -0.39 is 21.7 Å². The first-order chi connectivity index (χ1) is 12.8. The Balaban J connectivity index is 1.81. The third-order valence-corrected chi connectivity index (χ3v) is 5.33. The first-order valence-electron chi connectivity index (χ1n) is 8.16. The Morgan fingerprint density at radius 3 is 2.74 bits per heavy atom. The van der Waals surface area contributed by atoms with Crippen molar-refractivity contribution in [3.8, 4) is 0 Å². The number of hydrogen-bond acceptors (Lipinski definition) is 5. The zero-order valence-corrected chi connectivity index (χ0v) is 15.5. The molecule has 0 bridgehead atoms. The van der Waals surface area contributed by atoms with E-state index in [-0.39, 0.29) is 23.0 Å². The second kappa shape index (κ2) is 7.41. The molecule has 0 aliphatic carbocycles. The monoisotopic (exact) mass is 391 g/mol. The Kier molecular flexibility index (Phi) is 5.19. The van der Waals surface area contributed by atoms with Crippen LogP contribution in [-0.2, 0) is 16.6 Å². The molecule has 0 aliphatic heterocycles. The highest BCUT2D eigenvalue weighted by molar-refractivity contribution is 7.89. The van der Waals surface area contributed by atoms with Gasteiger partial charge in [-0.15, -0.1) is 10.2 Å². The van der Waals surface area contributed by atoms with E-state index >= 15 is 0 Å². The van der Waals surface area contributed by atoms with E-state index in [1.807, 2.05) is 0 Å². The molecule has 1 amide bonds. The number of benzene rings is 1. The number of hydrogen-bond donors (Lipinski definition) is 2. The molecule has 3 aromatic rings. The summed E-state index contributed by atoms with van der Waals surface area (Å²) >= 11 is 0. The van der Waals surface area contributed by atoms with Crippen molar-refractivity contribution in [2.24, 2.45) is 0 Å². The summed E-state index contributed by atoms with van der Waals surface area (Å²) in [4.78, 5) is 12.2. The van der Waals surface area contributed by atoms with Gasteiger partial charge in [0.05, 0.1) is 17.0 Å². The molecule has 0 saturated heterocycles. The van der Waals surface area contributed by atoms with Crippen LogP contribution in [0, 0.1) is 5.82 Å². The number of carbonyl (C=O) groups is 1. The van der Waals surface area contributed by atoms with Gasteiger partial charge in [0.1, 0.15) is 5.82 Å². The van der Waals surface area contributed by atoms with Gasteiger partial charge in [0.25, 0.3) is 5.91 Å². The van der Waals surface area contributed by atoms with Crippen molar-refractivity contribution in [2.75, 3.05) is 0 Å². The summed E-state index contributed by atoms with van der Waals surface area (Å²) in [5.41, 5.74) is 0.247. The van der Waals surface area contributed by atoms with Gasteiger partial charge in [0.15, 0.2) is 11.5 Å². The molecule has 0 unspecified atom stereocenters. The Morgan fingerprint density at radius 1 is 1.22 bits per heavy atom. The number of nitrogens with zero attached hydrogens (tertiary/aromatic N) is 3. The van der Waals surface area contributed by atoms with Crippen molar-refractivity contribution in [1.82, 2.24) is 24.6 Å². The molecule has 142 valence electrons. The molecule has 2 aromatic heterocycles. The maximum Gasteiger partial charge on any atom is 0.254 e. The van der Waals surface area contributed by atoms with Gasteiger partial charge in [-0.2, -0.15) is 0 Å². The number of pyridine rings is 1. The maximum atomic E-state index is 14.1. The molecular weight excluding hydrogens is 373 g/mol. The van der Waals surface area contributed by atoms with Crippen LogP contribution in [0.1, 0.15) is 30.0 Å². The Labute approximate surface area is 155 Å². The highest BCUT2D eigenvalue weighted by Crippen LogP contribution is 2.16. The van der Waals surface area contributed by atoms with Crippen LogP contribution in [0.5, 0.6) is 0 Å². The molecule has 0 radical (unpaired) electrons. The molecule has 3 rings (SSSR count). The van der Waals surface area contributed by atoms with E-state index in [1.54, 1.807) is 42.6 Å². The summed E-state index contributed by atoms with van der Waals surface area (Å²) in [5, 5.41) is 10.5. The van der Waals surface area contributed by atoms with Crippen molar-refractivity contribution in [2.45, 2.75) is 31.3 Å². The SMILES string of the molecule is CC(C)NS(=O)(=O)c1ccc(F)c(C(=O)NCc2nnc3ccccn23)c1. The van der Waals surface area contributed by atoms with Gasteiger partial charge in [-0.05, 0) is 44.2 Å².